The molecule has 0 bridgehead atoms. The normalized spacial score (nSPS) is 15.1. The van der Waals surface area contributed by atoms with Crippen LogP contribution in [0.2, 0.25) is 0 Å². The van der Waals surface area contributed by atoms with Crippen molar-refractivity contribution in [1.29, 1.82) is 0 Å². The Bertz CT molecular complexity index is 735. The van der Waals surface area contributed by atoms with Crippen LogP contribution in [0.4, 0.5) is 0 Å². The second kappa shape index (κ2) is 21.0. The van der Waals surface area contributed by atoms with E-state index in [1.807, 2.05) is 0 Å². The third-order valence-corrected chi connectivity index (χ3v) is 7.99. The molecule has 0 rings (SSSR count). The molecule has 4 atom stereocenters. The minimum Gasteiger partial charge on any atom is -0.481 e. The van der Waals surface area contributed by atoms with Crippen LogP contribution in [0.25, 0.3) is 0 Å². The van der Waals surface area contributed by atoms with E-state index >= 15 is 0 Å². The quantitative estimate of drug-likeness (QED) is 0.0942. The highest BCUT2D eigenvalue weighted by atomic mass is 32.2. The average Bonchev–Trinajstić information content (AvgIpc) is 2.79. The molecule has 7 nitrogen and oxygen atoms in total. The Balaban J connectivity index is 4.29. The van der Waals surface area contributed by atoms with Gasteiger partial charge in [-0.1, -0.05) is 84.3 Å². The molecule has 1 amide bonds. The highest BCUT2D eigenvalue weighted by molar-refractivity contribution is 7.99. The number of Topliss-reactive ketones (excluding diaryl/α,β-unsaturated/α-hetero) is 1. The first kappa shape index (κ1) is 36.2. The third-order valence-electron chi connectivity index (χ3n) is 6.95. The number of nitrogens with one attached hydrogen (secondary N) is 1. The fraction of sp³-hybridized carbons (Fsp3) is 0.800. The van der Waals surface area contributed by atoms with Crippen LogP contribution in [-0.4, -0.2) is 51.4 Å². The lowest BCUT2D eigenvalue weighted by Gasteiger charge is -2.17. The first-order valence-electron chi connectivity index (χ1n) is 14.3. The van der Waals surface area contributed by atoms with Crippen LogP contribution in [0.5, 0.6) is 0 Å². The summed E-state index contributed by atoms with van der Waals surface area (Å²) in [5, 5.41) is 20.8. The molecule has 0 spiro atoms. The van der Waals surface area contributed by atoms with E-state index in [0.29, 0.717) is 5.75 Å². The fourth-order valence-corrected chi connectivity index (χ4v) is 5.57. The van der Waals surface area contributed by atoms with Crippen LogP contribution >= 0.6 is 11.8 Å². The Morgan fingerprint density at radius 1 is 0.816 bits per heavy atom. The molecule has 0 aliphatic heterocycles. The molecule has 0 radical (unpaired) electrons. The molecule has 0 aliphatic rings. The molecule has 0 fully saturated rings. The maximum atomic E-state index is 12.4. The second-order valence-corrected chi connectivity index (χ2v) is 12.6. The van der Waals surface area contributed by atoms with E-state index in [2.05, 4.69) is 46.0 Å². The van der Waals surface area contributed by atoms with Gasteiger partial charge in [0.2, 0.25) is 5.91 Å². The van der Waals surface area contributed by atoms with Gasteiger partial charge in [-0.25, -0.2) is 0 Å². The lowest BCUT2D eigenvalue weighted by molar-refractivity contribution is -0.143. The third kappa shape index (κ3) is 20.2. The summed E-state index contributed by atoms with van der Waals surface area (Å²) < 4.78 is 0. The molecule has 0 aromatic heterocycles. The van der Waals surface area contributed by atoms with Gasteiger partial charge in [0.15, 0.2) is 5.78 Å². The first-order chi connectivity index (χ1) is 17.8. The summed E-state index contributed by atoms with van der Waals surface area (Å²) in [5.74, 6) is -1.07. The van der Waals surface area contributed by atoms with E-state index < -0.39 is 42.0 Å². The van der Waals surface area contributed by atoms with E-state index in [0.717, 1.165) is 30.6 Å². The molecule has 0 saturated carbocycles. The Morgan fingerprint density at radius 3 is 1.87 bits per heavy atom. The zero-order chi connectivity index (χ0) is 29.1. The zero-order valence-corrected chi connectivity index (χ0v) is 25.4. The molecule has 0 aromatic rings. The van der Waals surface area contributed by atoms with Crippen LogP contribution in [0.1, 0.15) is 112 Å². The smallest absolute Gasteiger partial charge is 0.307 e. The summed E-state index contributed by atoms with van der Waals surface area (Å²) in [6.07, 6.45) is 12.6. The zero-order valence-electron chi connectivity index (χ0n) is 24.6. The number of aliphatic carboxylic acids is 2. The van der Waals surface area contributed by atoms with Crippen molar-refractivity contribution in [2.45, 2.75) is 118 Å². The highest BCUT2D eigenvalue weighted by Gasteiger charge is 2.28. The van der Waals surface area contributed by atoms with Crippen LogP contribution in [-0.2, 0) is 19.2 Å². The number of carbonyl (C=O) groups is 4. The van der Waals surface area contributed by atoms with Gasteiger partial charge in [-0.05, 0) is 37.5 Å². The largest absolute Gasteiger partial charge is 0.481 e. The minimum absolute atomic E-state index is 0.248. The van der Waals surface area contributed by atoms with Gasteiger partial charge in [0, 0.05) is 24.9 Å². The molecule has 38 heavy (non-hydrogen) atoms. The van der Waals surface area contributed by atoms with Gasteiger partial charge in [0.25, 0.3) is 0 Å². The number of carbonyl (C=O) groups excluding carboxylic acids is 2. The topological polar surface area (TPSA) is 121 Å². The molecule has 220 valence electrons. The molecule has 0 aromatic carbocycles. The van der Waals surface area contributed by atoms with Crippen molar-refractivity contribution in [2.75, 3.05) is 11.5 Å². The Hall–Kier alpha value is -1.83. The lowest BCUT2D eigenvalue weighted by Crippen LogP contribution is -2.42. The van der Waals surface area contributed by atoms with Gasteiger partial charge in [-0.2, -0.15) is 11.8 Å². The summed E-state index contributed by atoms with van der Waals surface area (Å²) in [4.78, 5) is 46.4. The number of thioether (sulfide) groups is 1. The lowest BCUT2D eigenvalue weighted by atomic mass is 9.91. The molecule has 3 N–H and O–H groups in total. The van der Waals surface area contributed by atoms with E-state index in [9.17, 15) is 24.3 Å². The molecule has 8 heteroatoms. The van der Waals surface area contributed by atoms with Crippen LogP contribution < -0.4 is 5.32 Å². The Morgan fingerprint density at radius 2 is 1.37 bits per heavy atom. The predicted octanol–water partition coefficient (Wildman–Crippen LogP) is 6.74. The van der Waals surface area contributed by atoms with Crippen molar-refractivity contribution in [3.05, 3.63) is 11.6 Å². The molecule has 3 unspecified atom stereocenters. The van der Waals surface area contributed by atoms with Crippen molar-refractivity contribution in [1.82, 2.24) is 5.32 Å². The van der Waals surface area contributed by atoms with Gasteiger partial charge in [0.1, 0.15) is 0 Å². The molecule has 0 heterocycles. The van der Waals surface area contributed by atoms with Gasteiger partial charge in [-0.15, -0.1) is 0 Å². The van der Waals surface area contributed by atoms with Gasteiger partial charge in [0.05, 0.1) is 18.4 Å². The van der Waals surface area contributed by atoms with Crippen LogP contribution in [0.3, 0.4) is 0 Å². The number of rotatable bonds is 23. The predicted molar refractivity (Wildman–Crippen MR) is 156 cm³/mol. The Labute approximate surface area is 235 Å². The molecule has 0 saturated heterocycles. The van der Waals surface area contributed by atoms with Crippen LogP contribution in [0.15, 0.2) is 11.6 Å². The van der Waals surface area contributed by atoms with E-state index in [4.69, 9.17) is 5.11 Å². The maximum Gasteiger partial charge on any atom is 0.307 e. The number of carboxylic acid groups (broad SMARTS) is 2. The van der Waals surface area contributed by atoms with Crippen LogP contribution in [0, 0.1) is 23.7 Å². The van der Waals surface area contributed by atoms with E-state index in [1.54, 1.807) is 0 Å². The standard InChI is InChI=1S/C30H53NO6S/c1-21(2)10-7-11-22(3)12-8-13-23(4)14-9-15-24(5)16-17-38-20-26(30(36)37)18-28(33)27(19-29(34)35)31-25(6)32/h16,21-23,26-27H,7-15,17-20H2,1-6H3,(H,31,32)(H,34,35)(H,36,37)/b24-16+/t22?,23?,26?,27-/m0/s1. The van der Waals surface area contributed by atoms with Crippen molar-refractivity contribution < 1.29 is 29.4 Å². The van der Waals surface area contributed by atoms with Gasteiger partial charge >= 0.3 is 11.9 Å². The molecular weight excluding hydrogens is 502 g/mol. The SMILES string of the molecule is CC(=O)N[C@@H](CC(=O)O)C(=O)CC(CSC/C=C(\C)CCCC(C)CCCC(C)CCCC(C)C)C(=O)O. The van der Waals surface area contributed by atoms with Crippen molar-refractivity contribution in [3.8, 4) is 0 Å². The second-order valence-electron chi connectivity index (χ2n) is 11.5. The van der Waals surface area contributed by atoms with E-state index in [-0.39, 0.29) is 12.2 Å². The molecule has 0 aliphatic carbocycles. The van der Waals surface area contributed by atoms with E-state index in [1.165, 1.54) is 69.2 Å². The number of allylic oxidation sites excluding steroid dienone is 1. The summed E-state index contributed by atoms with van der Waals surface area (Å²) in [7, 11) is 0. The maximum absolute atomic E-state index is 12.4. The Kier molecular flexibility index (Phi) is 20.0. The molecular formula is C30H53NO6S. The van der Waals surface area contributed by atoms with Crippen molar-refractivity contribution in [2.24, 2.45) is 23.7 Å². The first-order valence-corrected chi connectivity index (χ1v) is 15.4. The summed E-state index contributed by atoms with van der Waals surface area (Å²) in [6.45, 7) is 12.6. The van der Waals surface area contributed by atoms with Crippen molar-refractivity contribution >= 4 is 35.4 Å². The van der Waals surface area contributed by atoms with Crippen molar-refractivity contribution in [3.63, 3.8) is 0 Å². The fourth-order valence-electron chi connectivity index (χ4n) is 4.49. The summed E-state index contributed by atoms with van der Waals surface area (Å²) in [5.41, 5.74) is 1.29. The number of hydrogen-bond donors (Lipinski definition) is 3. The summed E-state index contributed by atoms with van der Waals surface area (Å²) in [6, 6.07) is -1.21. The average molecular weight is 556 g/mol. The number of ketones is 1. The number of carboxylic acids is 2. The monoisotopic (exact) mass is 555 g/mol. The summed E-state index contributed by atoms with van der Waals surface area (Å²) >= 11 is 1.45. The highest BCUT2D eigenvalue weighted by Crippen LogP contribution is 2.22. The number of hydrogen-bond acceptors (Lipinski definition) is 5. The number of amides is 1. The van der Waals surface area contributed by atoms with Gasteiger partial charge in [-0.3, -0.25) is 19.2 Å². The van der Waals surface area contributed by atoms with Gasteiger partial charge < -0.3 is 15.5 Å². The minimum atomic E-state index is -1.23.